The van der Waals surface area contributed by atoms with Gasteiger partial charge in [0.25, 0.3) is 0 Å². The SMILES string of the molecule is CCCCCCCCCCC1OCC(CCC(=O)c2ccc(OC)cc2)O1. The maximum absolute atomic E-state index is 12.3. The summed E-state index contributed by atoms with van der Waals surface area (Å²) in [6, 6.07) is 7.28. The van der Waals surface area contributed by atoms with E-state index in [1.807, 2.05) is 24.3 Å². The van der Waals surface area contributed by atoms with E-state index in [1.165, 1.54) is 44.9 Å². The van der Waals surface area contributed by atoms with E-state index < -0.39 is 0 Å². The number of ether oxygens (including phenoxy) is 3. The third-order valence-electron chi connectivity index (χ3n) is 5.21. The first-order chi connectivity index (χ1) is 13.2. The predicted octanol–water partition coefficient (Wildman–Crippen LogP) is 5.93. The lowest BCUT2D eigenvalue weighted by Gasteiger charge is -2.11. The van der Waals surface area contributed by atoms with Gasteiger partial charge in [0.15, 0.2) is 12.1 Å². The van der Waals surface area contributed by atoms with Gasteiger partial charge in [-0.25, -0.2) is 0 Å². The Morgan fingerprint density at radius 1 is 1.00 bits per heavy atom. The molecule has 4 nitrogen and oxygen atoms in total. The number of hydrogen-bond donors (Lipinski definition) is 0. The largest absolute Gasteiger partial charge is 0.497 e. The molecule has 0 aliphatic carbocycles. The molecule has 152 valence electrons. The highest BCUT2D eigenvalue weighted by Crippen LogP contribution is 2.22. The fraction of sp³-hybridized carbons (Fsp3) is 0.696. The average Bonchev–Trinajstić information content (AvgIpc) is 3.16. The fourth-order valence-electron chi connectivity index (χ4n) is 3.47. The van der Waals surface area contributed by atoms with E-state index in [9.17, 15) is 4.79 Å². The summed E-state index contributed by atoms with van der Waals surface area (Å²) in [4.78, 5) is 12.3. The van der Waals surface area contributed by atoms with Crippen LogP contribution in [0, 0.1) is 0 Å². The van der Waals surface area contributed by atoms with E-state index in [0.29, 0.717) is 13.0 Å². The number of ketones is 1. The summed E-state index contributed by atoms with van der Waals surface area (Å²) in [6.07, 6.45) is 12.7. The normalized spacial score (nSPS) is 19.3. The van der Waals surface area contributed by atoms with E-state index in [0.717, 1.165) is 30.6 Å². The minimum Gasteiger partial charge on any atom is -0.497 e. The molecule has 1 fully saturated rings. The number of Topliss-reactive ketones (excluding diaryl/α,β-unsaturated/α-hetero) is 1. The van der Waals surface area contributed by atoms with Crippen LogP contribution in [0.15, 0.2) is 24.3 Å². The molecule has 1 aliphatic heterocycles. The molecule has 0 spiro atoms. The van der Waals surface area contributed by atoms with Crippen LogP contribution in [0.5, 0.6) is 5.75 Å². The summed E-state index contributed by atoms with van der Waals surface area (Å²) in [5.74, 6) is 0.913. The maximum atomic E-state index is 12.3. The predicted molar refractivity (Wildman–Crippen MR) is 108 cm³/mol. The summed E-state index contributed by atoms with van der Waals surface area (Å²) in [7, 11) is 1.62. The quantitative estimate of drug-likeness (QED) is 0.298. The molecule has 2 rings (SSSR count). The van der Waals surface area contributed by atoms with E-state index in [-0.39, 0.29) is 18.2 Å². The molecular weight excluding hydrogens is 340 g/mol. The number of carbonyl (C=O) groups is 1. The van der Waals surface area contributed by atoms with Gasteiger partial charge in [-0.1, -0.05) is 51.9 Å². The Morgan fingerprint density at radius 2 is 1.67 bits per heavy atom. The highest BCUT2D eigenvalue weighted by Gasteiger charge is 2.26. The molecule has 0 saturated carbocycles. The zero-order chi connectivity index (χ0) is 19.3. The zero-order valence-corrected chi connectivity index (χ0v) is 17.1. The van der Waals surface area contributed by atoms with Gasteiger partial charge in [-0.05, 0) is 43.5 Å². The van der Waals surface area contributed by atoms with Crippen molar-refractivity contribution >= 4 is 5.78 Å². The topological polar surface area (TPSA) is 44.8 Å². The molecule has 2 atom stereocenters. The standard InChI is InChI=1S/C23H36O4/c1-3-4-5-6-7-8-9-10-11-23-26-18-21(27-23)16-17-22(24)19-12-14-20(25-2)15-13-19/h12-15,21,23H,3-11,16-18H2,1-2H3. The second-order valence-electron chi connectivity index (χ2n) is 7.47. The van der Waals surface area contributed by atoms with Crippen molar-refractivity contribution in [2.24, 2.45) is 0 Å². The minimum absolute atomic E-state index is 0.0474. The molecular formula is C23H36O4. The Morgan fingerprint density at radius 3 is 2.33 bits per heavy atom. The third kappa shape index (κ3) is 8.44. The first-order valence-electron chi connectivity index (χ1n) is 10.7. The van der Waals surface area contributed by atoms with Gasteiger partial charge in [-0.3, -0.25) is 4.79 Å². The average molecular weight is 377 g/mol. The Hall–Kier alpha value is -1.39. The summed E-state index contributed by atoms with van der Waals surface area (Å²) in [5.41, 5.74) is 0.727. The molecule has 0 radical (unpaired) electrons. The van der Waals surface area contributed by atoms with Gasteiger partial charge < -0.3 is 14.2 Å². The molecule has 1 saturated heterocycles. The highest BCUT2D eigenvalue weighted by atomic mass is 16.7. The van der Waals surface area contributed by atoms with Crippen LogP contribution in [0.25, 0.3) is 0 Å². The number of rotatable bonds is 14. The molecule has 1 aliphatic rings. The zero-order valence-electron chi connectivity index (χ0n) is 17.1. The Labute approximate surface area is 164 Å². The monoisotopic (exact) mass is 376 g/mol. The number of carbonyl (C=O) groups excluding carboxylic acids is 1. The Balaban J connectivity index is 1.53. The van der Waals surface area contributed by atoms with E-state index in [4.69, 9.17) is 14.2 Å². The van der Waals surface area contributed by atoms with Crippen molar-refractivity contribution in [3.05, 3.63) is 29.8 Å². The molecule has 0 aromatic heterocycles. The molecule has 27 heavy (non-hydrogen) atoms. The molecule has 1 aromatic rings. The van der Waals surface area contributed by atoms with Crippen molar-refractivity contribution in [2.75, 3.05) is 13.7 Å². The van der Waals surface area contributed by atoms with Crippen molar-refractivity contribution in [3.63, 3.8) is 0 Å². The van der Waals surface area contributed by atoms with Crippen LogP contribution in [0.2, 0.25) is 0 Å². The molecule has 4 heteroatoms. The van der Waals surface area contributed by atoms with Gasteiger partial charge in [-0.15, -0.1) is 0 Å². The molecule has 0 amide bonds. The van der Waals surface area contributed by atoms with Crippen molar-refractivity contribution in [3.8, 4) is 5.75 Å². The number of hydrogen-bond acceptors (Lipinski definition) is 4. The van der Waals surface area contributed by atoms with Gasteiger partial charge in [0, 0.05) is 12.0 Å². The van der Waals surface area contributed by atoms with Gasteiger partial charge in [0.2, 0.25) is 0 Å². The van der Waals surface area contributed by atoms with Crippen LogP contribution < -0.4 is 4.74 Å². The summed E-state index contributed by atoms with van der Waals surface area (Å²) >= 11 is 0. The van der Waals surface area contributed by atoms with E-state index in [1.54, 1.807) is 7.11 Å². The highest BCUT2D eigenvalue weighted by molar-refractivity contribution is 5.96. The molecule has 1 aromatic carbocycles. The number of unbranched alkanes of at least 4 members (excludes halogenated alkanes) is 7. The lowest BCUT2D eigenvalue weighted by molar-refractivity contribution is -0.0640. The first-order valence-corrected chi connectivity index (χ1v) is 10.7. The lowest BCUT2D eigenvalue weighted by Crippen LogP contribution is -2.14. The van der Waals surface area contributed by atoms with Crippen molar-refractivity contribution in [1.29, 1.82) is 0 Å². The number of methoxy groups -OCH3 is 1. The molecule has 0 bridgehead atoms. The Bertz CT molecular complexity index is 526. The smallest absolute Gasteiger partial charge is 0.162 e. The van der Waals surface area contributed by atoms with E-state index in [2.05, 4.69) is 6.92 Å². The van der Waals surface area contributed by atoms with Crippen LogP contribution >= 0.6 is 0 Å². The van der Waals surface area contributed by atoms with Crippen LogP contribution in [-0.2, 0) is 9.47 Å². The van der Waals surface area contributed by atoms with Crippen molar-refractivity contribution < 1.29 is 19.0 Å². The molecule has 0 N–H and O–H groups in total. The number of benzene rings is 1. The molecule has 2 unspecified atom stereocenters. The van der Waals surface area contributed by atoms with Crippen LogP contribution in [0.4, 0.5) is 0 Å². The van der Waals surface area contributed by atoms with Gasteiger partial charge >= 0.3 is 0 Å². The third-order valence-corrected chi connectivity index (χ3v) is 5.21. The first kappa shape index (κ1) is 21.9. The van der Waals surface area contributed by atoms with Crippen molar-refractivity contribution in [1.82, 2.24) is 0 Å². The van der Waals surface area contributed by atoms with Crippen LogP contribution in [-0.4, -0.2) is 31.9 Å². The van der Waals surface area contributed by atoms with Gasteiger partial charge in [0.1, 0.15) is 5.75 Å². The summed E-state index contributed by atoms with van der Waals surface area (Å²) in [6.45, 7) is 2.86. The van der Waals surface area contributed by atoms with E-state index >= 15 is 0 Å². The lowest BCUT2D eigenvalue weighted by atomic mass is 10.0. The fourth-order valence-corrected chi connectivity index (χ4v) is 3.47. The Kier molecular flexibility index (Phi) is 10.5. The minimum atomic E-state index is -0.0776. The van der Waals surface area contributed by atoms with Crippen LogP contribution in [0.3, 0.4) is 0 Å². The second kappa shape index (κ2) is 12.9. The maximum Gasteiger partial charge on any atom is 0.162 e. The summed E-state index contributed by atoms with van der Waals surface area (Å²) < 4.78 is 16.8. The summed E-state index contributed by atoms with van der Waals surface area (Å²) in [5, 5.41) is 0. The van der Waals surface area contributed by atoms with Gasteiger partial charge in [-0.2, -0.15) is 0 Å². The van der Waals surface area contributed by atoms with Gasteiger partial charge in [0.05, 0.1) is 19.8 Å². The van der Waals surface area contributed by atoms with Crippen molar-refractivity contribution in [2.45, 2.75) is 89.9 Å². The van der Waals surface area contributed by atoms with Crippen LogP contribution in [0.1, 0.15) is 87.9 Å². The second-order valence-corrected chi connectivity index (χ2v) is 7.47. The molecule has 1 heterocycles.